The van der Waals surface area contributed by atoms with Crippen LogP contribution < -0.4 is 14.2 Å². The highest BCUT2D eigenvalue weighted by Crippen LogP contribution is 2.48. The van der Waals surface area contributed by atoms with Crippen LogP contribution in [0.5, 0.6) is 17.2 Å². The van der Waals surface area contributed by atoms with E-state index in [9.17, 15) is 0 Å². The molecule has 3 heterocycles. The van der Waals surface area contributed by atoms with Crippen molar-refractivity contribution in [2.24, 2.45) is 5.10 Å². The lowest BCUT2D eigenvalue weighted by molar-refractivity contribution is -0.0190. The molecule has 0 saturated heterocycles. The molecule has 0 bridgehead atoms. The van der Waals surface area contributed by atoms with E-state index in [1.165, 1.54) is 0 Å². The van der Waals surface area contributed by atoms with Crippen molar-refractivity contribution in [1.29, 1.82) is 0 Å². The molecule has 0 unspecified atom stereocenters. The third-order valence-electron chi connectivity index (χ3n) is 5.71. The number of hydrazone groups is 1. The van der Waals surface area contributed by atoms with Gasteiger partial charge in [0.1, 0.15) is 19.0 Å². The molecule has 0 fully saturated rings. The lowest BCUT2D eigenvalue weighted by atomic mass is 9.96. The Labute approximate surface area is 179 Å². The lowest BCUT2D eigenvalue weighted by Gasteiger charge is -2.38. The summed E-state index contributed by atoms with van der Waals surface area (Å²) >= 11 is 6.26. The van der Waals surface area contributed by atoms with Crippen LogP contribution in [0.3, 0.4) is 0 Å². The van der Waals surface area contributed by atoms with Gasteiger partial charge in [0.2, 0.25) is 6.23 Å². The Bertz CT molecular complexity index is 1160. The molecule has 3 aliphatic rings. The van der Waals surface area contributed by atoms with E-state index in [4.69, 9.17) is 30.9 Å². The van der Waals surface area contributed by atoms with Crippen molar-refractivity contribution in [3.8, 4) is 17.2 Å². The number of benzene rings is 3. The molecule has 2 atom stereocenters. The first-order chi connectivity index (χ1) is 14.8. The molecule has 6 heteroatoms. The van der Waals surface area contributed by atoms with Gasteiger partial charge in [-0.1, -0.05) is 41.9 Å². The Balaban J connectivity index is 1.42. The normalized spacial score (nSPS) is 21.4. The largest absolute Gasteiger partial charge is 0.486 e. The molecular formula is C24H19ClN2O3. The molecule has 0 N–H and O–H groups in total. The van der Waals surface area contributed by atoms with Gasteiger partial charge in [-0.3, -0.25) is 0 Å². The standard InChI is InChI=1S/C24H19ClN2O3/c25-17-5-3-4-16(12-17)24-27-20(18-6-1-2-7-21(18)30-24)14-19(26-27)15-8-9-22-23(13-15)29-11-10-28-22/h1-9,12-13,20,24H,10-11,14H2/t20-,24-/m1/s1. The third-order valence-corrected chi connectivity index (χ3v) is 5.94. The minimum Gasteiger partial charge on any atom is -0.486 e. The van der Waals surface area contributed by atoms with Gasteiger partial charge in [-0.15, -0.1) is 0 Å². The number of fused-ring (bicyclic) bond motifs is 4. The van der Waals surface area contributed by atoms with E-state index < -0.39 is 0 Å². The number of hydrogen-bond acceptors (Lipinski definition) is 5. The molecule has 0 amide bonds. The summed E-state index contributed by atoms with van der Waals surface area (Å²) in [5, 5.41) is 7.74. The number of halogens is 1. The quantitative estimate of drug-likeness (QED) is 0.562. The molecule has 3 aliphatic heterocycles. The van der Waals surface area contributed by atoms with Crippen LogP contribution in [0.2, 0.25) is 5.02 Å². The van der Waals surface area contributed by atoms with Gasteiger partial charge < -0.3 is 14.2 Å². The van der Waals surface area contributed by atoms with Crippen LogP contribution in [0.4, 0.5) is 0 Å². The van der Waals surface area contributed by atoms with Crippen LogP contribution in [0.15, 0.2) is 71.8 Å². The van der Waals surface area contributed by atoms with Crippen molar-refractivity contribution in [2.75, 3.05) is 13.2 Å². The minimum atomic E-state index is -0.335. The van der Waals surface area contributed by atoms with Crippen molar-refractivity contribution in [2.45, 2.75) is 18.7 Å². The van der Waals surface area contributed by atoms with Gasteiger partial charge in [0.25, 0.3) is 0 Å². The summed E-state index contributed by atoms with van der Waals surface area (Å²) in [4.78, 5) is 0. The second kappa shape index (κ2) is 6.96. The Morgan fingerprint density at radius 1 is 0.867 bits per heavy atom. The Kier molecular flexibility index (Phi) is 4.09. The maximum atomic E-state index is 6.38. The van der Waals surface area contributed by atoms with Crippen molar-refractivity contribution in [3.05, 3.63) is 88.4 Å². The zero-order valence-electron chi connectivity index (χ0n) is 16.1. The Morgan fingerprint density at radius 2 is 1.73 bits per heavy atom. The SMILES string of the molecule is Clc1cccc([C@H]2Oc3ccccc3[C@H]3CC(c4ccc5c(c4)OCCO5)=NN32)c1. The van der Waals surface area contributed by atoms with Gasteiger partial charge >= 0.3 is 0 Å². The van der Waals surface area contributed by atoms with Crippen molar-refractivity contribution < 1.29 is 14.2 Å². The van der Waals surface area contributed by atoms with E-state index in [0.29, 0.717) is 18.2 Å². The Morgan fingerprint density at radius 3 is 2.63 bits per heavy atom. The zero-order valence-corrected chi connectivity index (χ0v) is 16.9. The molecule has 0 aliphatic carbocycles. The molecule has 0 spiro atoms. The van der Waals surface area contributed by atoms with Crippen LogP contribution in [0.25, 0.3) is 0 Å². The fourth-order valence-corrected chi connectivity index (χ4v) is 4.51. The van der Waals surface area contributed by atoms with E-state index in [1.54, 1.807) is 0 Å². The van der Waals surface area contributed by atoms with Gasteiger partial charge in [0.15, 0.2) is 11.5 Å². The van der Waals surface area contributed by atoms with E-state index in [2.05, 4.69) is 11.1 Å². The topological polar surface area (TPSA) is 43.3 Å². The summed E-state index contributed by atoms with van der Waals surface area (Å²) in [7, 11) is 0. The molecule has 30 heavy (non-hydrogen) atoms. The fraction of sp³-hybridized carbons (Fsp3) is 0.208. The van der Waals surface area contributed by atoms with Crippen LogP contribution in [-0.4, -0.2) is 23.9 Å². The van der Waals surface area contributed by atoms with E-state index in [-0.39, 0.29) is 12.3 Å². The number of nitrogens with zero attached hydrogens (tertiary/aromatic N) is 2. The highest BCUT2D eigenvalue weighted by Gasteiger charge is 2.41. The van der Waals surface area contributed by atoms with Crippen molar-refractivity contribution >= 4 is 17.3 Å². The summed E-state index contributed by atoms with van der Waals surface area (Å²) < 4.78 is 17.8. The molecule has 6 rings (SSSR count). The second-order valence-electron chi connectivity index (χ2n) is 7.57. The van der Waals surface area contributed by atoms with Gasteiger partial charge in [0.05, 0.1) is 11.8 Å². The molecule has 3 aromatic carbocycles. The minimum absolute atomic E-state index is 0.0992. The first-order valence-electron chi connectivity index (χ1n) is 10.0. The number of para-hydroxylation sites is 1. The van der Waals surface area contributed by atoms with E-state index >= 15 is 0 Å². The summed E-state index contributed by atoms with van der Waals surface area (Å²) in [6.45, 7) is 1.15. The summed E-state index contributed by atoms with van der Waals surface area (Å²) in [6, 6.07) is 22.1. The van der Waals surface area contributed by atoms with Crippen molar-refractivity contribution in [3.63, 3.8) is 0 Å². The predicted molar refractivity (Wildman–Crippen MR) is 114 cm³/mol. The highest BCUT2D eigenvalue weighted by molar-refractivity contribution is 6.30. The maximum absolute atomic E-state index is 6.38. The molecule has 0 aromatic heterocycles. The molecule has 150 valence electrons. The summed E-state index contributed by atoms with van der Waals surface area (Å²) in [5.41, 5.74) is 4.17. The third kappa shape index (κ3) is 2.89. The molecule has 0 radical (unpaired) electrons. The van der Waals surface area contributed by atoms with Crippen LogP contribution in [0, 0.1) is 0 Å². The van der Waals surface area contributed by atoms with Gasteiger partial charge in [0, 0.05) is 28.1 Å². The maximum Gasteiger partial charge on any atom is 0.213 e. The number of hydrogen-bond donors (Lipinski definition) is 0. The Hall–Kier alpha value is -3.18. The summed E-state index contributed by atoms with van der Waals surface area (Å²) in [5.74, 6) is 2.45. The highest BCUT2D eigenvalue weighted by atomic mass is 35.5. The van der Waals surface area contributed by atoms with Gasteiger partial charge in [-0.2, -0.15) is 5.10 Å². The van der Waals surface area contributed by atoms with Gasteiger partial charge in [-0.25, -0.2) is 5.01 Å². The monoisotopic (exact) mass is 418 g/mol. The van der Waals surface area contributed by atoms with Crippen LogP contribution >= 0.6 is 11.6 Å². The first-order valence-corrected chi connectivity index (χ1v) is 10.4. The first kappa shape index (κ1) is 17.7. The molecule has 5 nitrogen and oxygen atoms in total. The van der Waals surface area contributed by atoms with Crippen LogP contribution in [-0.2, 0) is 0 Å². The van der Waals surface area contributed by atoms with Crippen molar-refractivity contribution in [1.82, 2.24) is 5.01 Å². The van der Waals surface area contributed by atoms with E-state index in [1.807, 2.05) is 60.7 Å². The average Bonchev–Trinajstić information content (AvgIpc) is 3.24. The fourth-order valence-electron chi connectivity index (χ4n) is 4.31. The molecule has 3 aromatic rings. The smallest absolute Gasteiger partial charge is 0.213 e. The molecule has 0 saturated carbocycles. The average molecular weight is 419 g/mol. The zero-order chi connectivity index (χ0) is 20.1. The number of ether oxygens (including phenoxy) is 3. The summed E-state index contributed by atoms with van der Waals surface area (Å²) in [6.07, 6.45) is 0.454. The lowest BCUT2D eigenvalue weighted by Crippen LogP contribution is -2.33. The van der Waals surface area contributed by atoms with Gasteiger partial charge in [-0.05, 0) is 36.4 Å². The second-order valence-corrected chi connectivity index (χ2v) is 8.00. The molecular weight excluding hydrogens is 400 g/mol. The van der Waals surface area contributed by atoms with E-state index in [0.717, 1.165) is 46.1 Å². The predicted octanol–water partition coefficient (Wildman–Crippen LogP) is 5.35. The number of rotatable bonds is 2. The van der Waals surface area contributed by atoms with Crippen LogP contribution in [0.1, 0.15) is 35.4 Å².